The number of hydrogen-bond acceptors (Lipinski definition) is 12. The van der Waals surface area contributed by atoms with Gasteiger partial charge in [0.15, 0.2) is 12.6 Å². The first-order valence-electron chi connectivity index (χ1n) is 12.3. The number of aliphatic hydroxyl groups excluding tert-OH is 6. The van der Waals surface area contributed by atoms with Crippen LogP contribution in [0.2, 0.25) is 0 Å². The largest absolute Gasteiger partial charge is 0.390 e. The maximum Gasteiger partial charge on any atom is 0.187 e. The van der Waals surface area contributed by atoms with Crippen LogP contribution >= 0.6 is 0 Å². The Labute approximate surface area is 210 Å². The lowest BCUT2D eigenvalue weighted by atomic mass is 9.99. The molecule has 6 unspecified atom stereocenters. The van der Waals surface area contributed by atoms with Crippen molar-refractivity contribution in [2.24, 2.45) is 0 Å². The maximum absolute atomic E-state index is 10.2. The standard InChI is InChI=1S/C23H41N3O10/c1-12-17(29)19(31)20(32)21(34-12)36-22(2,3)6-7-33-23(4,5)9-13-10-26(25-24-13)11-15-18(30)14(27)8-16(28)35-15/h10,12,14-21,27-32H,6-9,11H2,1-5H3/t12?,14?,15-,16+,17?,18+,19?,20?,21?/m1/s1. The lowest BCUT2D eigenvalue weighted by Gasteiger charge is -2.42. The molecular formula is C23H41N3O10. The summed E-state index contributed by atoms with van der Waals surface area (Å²) in [5.74, 6) is 0. The Kier molecular flexibility index (Phi) is 9.47. The average molecular weight is 520 g/mol. The van der Waals surface area contributed by atoms with E-state index in [9.17, 15) is 30.6 Å². The van der Waals surface area contributed by atoms with Crippen LogP contribution < -0.4 is 0 Å². The molecule has 2 fully saturated rings. The Morgan fingerprint density at radius 1 is 0.972 bits per heavy atom. The van der Waals surface area contributed by atoms with Gasteiger partial charge in [0.05, 0.1) is 42.3 Å². The molecule has 2 aliphatic rings. The van der Waals surface area contributed by atoms with Gasteiger partial charge in [-0.2, -0.15) is 0 Å². The minimum atomic E-state index is -1.37. The monoisotopic (exact) mass is 519 g/mol. The third kappa shape index (κ3) is 7.63. The molecule has 2 saturated heterocycles. The third-order valence-electron chi connectivity index (χ3n) is 6.55. The van der Waals surface area contributed by atoms with E-state index in [2.05, 4.69) is 10.3 Å². The number of ether oxygens (including phenoxy) is 4. The molecule has 3 heterocycles. The molecule has 0 amide bonds. The van der Waals surface area contributed by atoms with Crippen molar-refractivity contribution in [2.75, 3.05) is 6.61 Å². The predicted molar refractivity (Wildman–Crippen MR) is 123 cm³/mol. The molecule has 0 radical (unpaired) electrons. The molecule has 9 atom stereocenters. The summed E-state index contributed by atoms with van der Waals surface area (Å²) in [5.41, 5.74) is -0.690. The van der Waals surface area contributed by atoms with E-state index in [1.807, 2.05) is 27.7 Å². The Hall–Kier alpha value is -1.26. The summed E-state index contributed by atoms with van der Waals surface area (Å²) in [6, 6.07) is 0. The molecule has 0 aliphatic carbocycles. The molecule has 208 valence electrons. The van der Waals surface area contributed by atoms with Crippen LogP contribution in [0.1, 0.15) is 53.2 Å². The van der Waals surface area contributed by atoms with Crippen LogP contribution in [0.25, 0.3) is 0 Å². The molecule has 1 aromatic rings. The summed E-state index contributed by atoms with van der Waals surface area (Å²) in [5, 5.41) is 67.9. The van der Waals surface area contributed by atoms with Crippen LogP contribution in [0, 0.1) is 0 Å². The molecule has 13 heteroatoms. The first-order chi connectivity index (χ1) is 16.7. The molecular weight excluding hydrogens is 478 g/mol. The normalized spacial score (nSPS) is 36.2. The van der Waals surface area contributed by atoms with Crippen molar-refractivity contribution in [3.63, 3.8) is 0 Å². The van der Waals surface area contributed by atoms with Crippen molar-refractivity contribution in [3.8, 4) is 0 Å². The van der Waals surface area contributed by atoms with Gasteiger partial charge in [0.2, 0.25) is 0 Å². The highest BCUT2D eigenvalue weighted by Crippen LogP contribution is 2.28. The van der Waals surface area contributed by atoms with Crippen LogP contribution in [-0.4, -0.2) is 119 Å². The molecule has 1 aromatic heterocycles. The molecule has 0 spiro atoms. The summed E-state index contributed by atoms with van der Waals surface area (Å²) in [6.07, 6.45) is -7.31. The minimum Gasteiger partial charge on any atom is -0.390 e. The first-order valence-corrected chi connectivity index (χ1v) is 12.3. The third-order valence-corrected chi connectivity index (χ3v) is 6.55. The van der Waals surface area contributed by atoms with Crippen molar-refractivity contribution >= 4 is 0 Å². The zero-order valence-electron chi connectivity index (χ0n) is 21.5. The first kappa shape index (κ1) is 29.3. The van der Waals surface area contributed by atoms with Crippen LogP contribution in [0.5, 0.6) is 0 Å². The maximum atomic E-state index is 10.2. The summed E-state index contributed by atoms with van der Waals surface area (Å²) >= 11 is 0. The van der Waals surface area contributed by atoms with Gasteiger partial charge in [0, 0.05) is 19.0 Å². The zero-order valence-corrected chi connectivity index (χ0v) is 21.5. The fourth-order valence-electron chi connectivity index (χ4n) is 4.32. The number of aromatic nitrogens is 3. The number of hydrogen-bond donors (Lipinski definition) is 6. The SMILES string of the molecule is CC1OC(OC(C)(C)CCOC(C)(C)Cc2cn(C[C@H]3O[C@H](O)CC(O)[C@@H]3O)nn2)C(O)C(O)C1O. The molecule has 0 saturated carbocycles. The van der Waals surface area contributed by atoms with Crippen molar-refractivity contribution < 1.29 is 49.6 Å². The second kappa shape index (κ2) is 11.6. The fourth-order valence-corrected chi connectivity index (χ4v) is 4.32. The minimum absolute atomic E-state index is 0.0495. The van der Waals surface area contributed by atoms with E-state index in [0.717, 1.165) is 0 Å². The van der Waals surface area contributed by atoms with E-state index in [1.54, 1.807) is 13.1 Å². The summed E-state index contributed by atoms with van der Waals surface area (Å²) < 4.78 is 24.3. The number of aliphatic hydroxyl groups is 6. The highest BCUT2D eigenvalue weighted by atomic mass is 16.7. The highest BCUT2D eigenvalue weighted by molar-refractivity contribution is 4.98. The quantitative estimate of drug-likeness (QED) is 0.209. The molecule has 13 nitrogen and oxygen atoms in total. The summed E-state index contributed by atoms with van der Waals surface area (Å²) in [4.78, 5) is 0. The summed E-state index contributed by atoms with van der Waals surface area (Å²) in [7, 11) is 0. The van der Waals surface area contributed by atoms with Crippen molar-refractivity contribution in [1.82, 2.24) is 15.0 Å². The van der Waals surface area contributed by atoms with Gasteiger partial charge in [-0.3, -0.25) is 0 Å². The van der Waals surface area contributed by atoms with Gasteiger partial charge < -0.3 is 49.6 Å². The van der Waals surface area contributed by atoms with Gasteiger partial charge >= 0.3 is 0 Å². The van der Waals surface area contributed by atoms with Crippen LogP contribution in [0.4, 0.5) is 0 Å². The van der Waals surface area contributed by atoms with Gasteiger partial charge in [-0.05, 0) is 41.0 Å². The Morgan fingerprint density at radius 3 is 2.36 bits per heavy atom. The van der Waals surface area contributed by atoms with Crippen molar-refractivity contribution in [1.29, 1.82) is 0 Å². The van der Waals surface area contributed by atoms with Gasteiger partial charge in [-0.25, -0.2) is 4.68 Å². The van der Waals surface area contributed by atoms with Gasteiger partial charge in [0.25, 0.3) is 0 Å². The van der Waals surface area contributed by atoms with E-state index < -0.39 is 66.5 Å². The Balaban J connectivity index is 1.47. The van der Waals surface area contributed by atoms with Gasteiger partial charge in [0.1, 0.15) is 30.5 Å². The molecule has 3 rings (SSSR count). The molecule has 0 bridgehead atoms. The topological polar surface area (TPSA) is 189 Å². The van der Waals surface area contributed by atoms with Crippen LogP contribution in [-0.2, 0) is 31.9 Å². The van der Waals surface area contributed by atoms with Crippen molar-refractivity contribution in [3.05, 3.63) is 11.9 Å². The highest BCUT2D eigenvalue weighted by Gasteiger charge is 2.44. The van der Waals surface area contributed by atoms with Crippen LogP contribution in [0.15, 0.2) is 6.20 Å². The van der Waals surface area contributed by atoms with Gasteiger partial charge in [-0.15, -0.1) is 5.10 Å². The molecule has 2 aliphatic heterocycles. The Morgan fingerprint density at radius 2 is 1.67 bits per heavy atom. The predicted octanol–water partition coefficient (Wildman–Crippen LogP) is -1.54. The smallest absolute Gasteiger partial charge is 0.187 e. The van der Waals surface area contributed by atoms with E-state index in [-0.39, 0.29) is 13.0 Å². The lowest BCUT2D eigenvalue weighted by Crippen LogP contribution is -2.58. The lowest BCUT2D eigenvalue weighted by molar-refractivity contribution is -0.318. The fraction of sp³-hybridized carbons (Fsp3) is 0.913. The average Bonchev–Trinajstić information content (AvgIpc) is 3.19. The van der Waals surface area contributed by atoms with E-state index in [0.29, 0.717) is 25.1 Å². The molecule has 0 aromatic carbocycles. The van der Waals surface area contributed by atoms with Crippen LogP contribution in [0.3, 0.4) is 0 Å². The van der Waals surface area contributed by atoms with E-state index in [4.69, 9.17) is 18.9 Å². The zero-order chi connectivity index (χ0) is 26.8. The second-order valence-corrected chi connectivity index (χ2v) is 10.9. The summed E-state index contributed by atoms with van der Waals surface area (Å²) in [6.45, 7) is 9.51. The number of rotatable bonds is 10. The molecule has 36 heavy (non-hydrogen) atoms. The van der Waals surface area contributed by atoms with Crippen molar-refractivity contribution in [2.45, 2.75) is 127 Å². The van der Waals surface area contributed by atoms with E-state index in [1.165, 1.54) is 4.68 Å². The van der Waals surface area contributed by atoms with Gasteiger partial charge in [-0.1, -0.05) is 5.21 Å². The van der Waals surface area contributed by atoms with E-state index >= 15 is 0 Å². The number of nitrogens with zero attached hydrogens (tertiary/aromatic N) is 3. The molecule has 6 N–H and O–H groups in total. The Bertz CT molecular complexity index is 837. The second-order valence-electron chi connectivity index (χ2n) is 10.9.